The zero-order valence-corrected chi connectivity index (χ0v) is 16.7. The van der Waals surface area contributed by atoms with E-state index < -0.39 is 5.91 Å². The number of ether oxygens (including phenoxy) is 1. The van der Waals surface area contributed by atoms with Crippen molar-refractivity contribution in [2.75, 3.05) is 6.61 Å². The Balaban J connectivity index is 1.59. The first-order valence-electron chi connectivity index (χ1n) is 8.15. The molecular weight excluding hydrogens is 469 g/mol. The van der Waals surface area contributed by atoms with Crippen molar-refractivity contribution in [1.29, 1.82) is 0 Å². The molecule has 0 aliphatic heterocycles. The number of aromatic nitrogens is 1. The van der Waals surface area contributed by atoms with Gasteiger partial charge in [-0.3, -0.25) is 25.4 Å². The highest BCUT2D eigenvalue weighted by atomic mass is 127. The lowest BCUT2D eigenvalue weighted by Crippen LogP contribution is -2.46. The molecule has 1 aromatic carbocycles. The van der Waals surface area contributed by atoms with Crippen LogP contribution in [0, 0.1) is 9.49 Å². The molecule has 6 nitrogen and oxygen atoms in total. The van der Waals surface area contributed by atoms with E-state index in [1.165, 1.54) is 0 Å². The van der Waals surface area contributed by atoms with E-state index >= 15 is 0 Å². The van der Waals surface area contributed by atoms with Crippen LogP contribution in [0.25, 0.3) is 10.9 Å². The molecule has 1 aliphatic carbocycles. The molecule has 3 rings (SSSR count). The summed E-state index contributed by atoms with van der Waals surface area (Å²) in [6.07, 6.45) is 8.04. The highest BCUT2D eigenvalue weighted by Crippen LogP contribution is 2.34. The third-order valence-corrected chi connectivity index (χ3v) is 5.18. The smallest absolute Gasteiger partial charge is 0.276 e. The molecule has 0 spiro atoms. The molecule has 1 unspecified atom stereocenters. The van der Waals surface area contributed by atoms with Gasteiger partial charge < -0.3 is 4.74 Å². The van der Waals surface area contributed by atoms with Gasteiger partial charge in [-0.25, -0.2) is 0 Å². The zero-order chi connectivity index (χ0) is 18.5. The van der Waals surface area contributed by atoms with Crippen LogP contribution in [-0.4, -0.2) is 23.4 Å². The number of hydrogen-bond acceptors (Lipinski definition) is 4. The van der Waals surface area contributed by atoms with Gasteiger partial charge in [0.15, 0.2) is 12.4 Å². The second-order valence-corrected chi connectivity index (χ2v) is 7.45. The van der Waals surface area contributed by atoms with Crippen molar-refractivity contribution in [3.8, 4) is 5.75 Å². The highest BCUT2D eigenvalue weighted by molar-refractivity contribution is 14.1. The largest absolute Gasteiger partial charge is 0.480 e. The summed E-state index contributed by atoms with van der Waals surface area (Å²) in [7, 11) is 0. The Hall–Kier alpha value is -1.87. The lowest BCUT2D eigenvalue weighted by Gasteiger charge is -2.17. The number of nitrogens with one attached hydrogen (secondary N) is 2. The van der Waals surface area contributed by atoms with Crippen LogP contribution < -0.4 is 15.6 Å². The summed E-state index contributed by atoms with van der Waals surface area (Å²) in [6, 6.07) is 5.39. The van der Waals surface area contributed by atoms with E-state index in [2.05, 4.69) is 44.5 Å². The molecule has 0 saturated heterocycles. The van der Waals surface area contributed by atoms with E-state index in [1.807, 2.05) is 12.1 Å². The first-order valence-corrected chi connectivity index (χ1v) is 9.61. The zero-order valence-electron chi connectivity index (χ0n) is 13.8. The highest BCUT2D eigenvalue weighted by Gasteiger charge is 2.19. The van der Waals surface area contributed by atoms with E-state index in [0.717, 1.165) is 21.8 Å². The van der Waals surface area contributed by atoms with Crippen molar-refractivity contribution in [1.82, 2.24) is 15.8 Å². The van der Waals surface area contributed by atoms with Crippen LogP contribution in [0.15, 0.2) is 36.5 Å². The van der Waals surface area contributed by atoms with Crippen LogP contribution in [0.3, 0.4) is 0 Å². The fraction of sp³-hybridized carbons (Fsp3) is 0.278. The number of carbonyl (C=O) groups is 2. The maximum absolute atomic E-state index is 12.0. The van der Waals surface area contributed by atoms with Gasteiger partial charge >= 0.3 is 0 Å². The number of pyridine rings is 1. The predicted octanol–water partition coefficient (Wildman–Crippen LogP) is 3.38. The number of rotatable bonds is 4. The molecule has 2 aromatic rings. The molecule has 1 atom stereocenters. The number of nitrogens with zero attached hydrogens (tertiary/aromatic N) is 1. The molecule has 2 amide bonds. The molecular formula is C18H17ClIN3O3. The minimum atomic E-state index is -0.445. The molecule has 0 fully saturated rings. The number of hydrazine groups is 1. The van der Waals surface area contributed by atoms with Crippen molar-refractivity contribution in [2.45, 2.75) is 19.3 Å². The second kappa shape index (κ2) is 8.68. The van der Waals surface area contributed by atoms with Crippen LogP contribution in [0.2, 0.25) is 5.02 Å². The van der Waals surface area contributed by atoms with Crippen LogP contribution in [0.5, 0.6) is 5.75 Å². The Morgan fingerprint density at radius 2 is 2.19 bits per heavy atom. The number of allylic oxidation sites excluding steroid dienone is 2. The second-order valence-electron chi connectivity index (χ2n) is 5.88. The van der Waals surface area contributed by atoms with E-state index in [0.29, 0.717) is 22.7 Å². The Morgan fingerprint density at radius 3 is 2.96 bits per heavy atom. The van der Waals surface area contributed by atoms with Crippen LogP contribution in [0.4, 0.5) is 0 Å². The first kappa shape index (κ1) is 18.9. The minimum absolute atomic E-state index is 0.105. The summed E-state index contributed by atoms with van der Waals surface area (Å²) in [4.78, 5) is 28.3. The van der Waals surface area contributed by atoms with Gasteiger partial charge in [-0.1, -0.05) is 23.8 Å². The van der Waals surface area contributed by atoms with Crippen LogP contribution in [0.1, 0.15) is 19.3 Å². The number of hydrogen-bond donors (Lipinski definition) is 2. The van der Waals surface area contributed by atoms with Gasteiger partial charge in [0.1, 0.15) is 5.52 Å². The lowest BCUT2D eigenvalue weighted by molar-refractivity contribution is -0.132. The summed E-state index contributed by atoms with van der Waals surface area (Å²) in [6.45, 7) is -0.242. The van der Waals surface area contributed by atoms with Crippen molar-refractivity contribution >= 4 is 56.9 Å². The molecule has 1 heterocycles. The lowest BCUT2D eigenvalue weighted by atomic mass is 9.94. The van der Waals surface area contributed by atoms with E-state index in [9.17, 15) is 9.59 Å². The summed E-state index contributed by atoms with van der Waals surface area (Å²) in [5.74, 6) is -0.244. The van der Waals surface area contributed by atoms with Crippen molar-refractivity contribution in [3.63, 3.8) is 0 Å². The van der Waals surface area contributed by atoms with Gasteiger partial charge in [0.25, 0.3) is 5.91 Å². The number of fused-ring (bicyclic) bond motifs is 1. The summed E-state index contributed by atoms with van der Waals surface area (Å²) in [5, 5.41) is 1.33. The topological polar surface area (TPSA) is 80.3 Å². The van der Waals surface area contributed by atoms with Gasteiger partial charge in [0.05, 0.1) is 8.59 Å². The monoisotopic (exact) mass is 485 g/mol. The normalized spacial score (nSPS) is 16.3. The molecule has 8 heteroatoms. The predicted molar refractivity (Wildman–Crippen MR) is 108 cm³/mol. The van der Waals surface area contributed by atoms with Crippen molar-refractivity contribution in [2.24, 2.45) is 5.92 Å². The van der Waals surface area contributed by atoms with E-state index in [4.69, 9.17) is 16.3 Å². The van der Waals surface area contributed by atoms with Crippen molar-refractivity contribution < 1.29 is 14.3 Å². The fourth-order valence-corrected chi connectivity index (χ4v) is 3.89. The van der Waals surface area contributed by atoms with E-state index in [1.54, 1.807) is 18.3 Å². The van der Waals surface area contributed by atoms with E-state index in [-0.39, 0.29) is 18.4 Å². The SMILES string of the molecule is O=C(COc1c(I)cc(Cl)c2cccnc12)NNC(=O)C1CC=CCC1. The van der Waals surface area contributed by atoms with Gasteiger partial charge in [-0.2, -0.15) is 0 Å². The fourth-order valence-electron chi connectivity index (χ4n) is 2.72. The standard InChI is InChI=1S/C18H17ClIN3O3/c19-13-9-14(20)17(16-12(13)7-4-8-21-16)26-10-15(24)22-23-18(25)11-5-2-1-3-6-11/h1-2,4,7-9,11H,3,5-6,10H2,(H,22,24)(H,23,25). The average Bonchev–Trinajstić information content (AvgIpc) is 2.66. The third-order valence-electron chi connectivity index (χ3n) is 4.06. The van der Waals surface area contributed by atoms with Gasteiger partial charge in [-0.05, 0) is 60.1 Å². The number of benzene rings is 1. The molecule has 26 heavy (non-hydrogen) atoms. The molecule has 2 N–H and O–H groups in total. The number of halogens is 2. The van der Waals surface area contributed by atoms with Crippen LogP contribution in [-0.2, 0) is 9.59 Å². The number of amides is 2. The summed E-state index contributed by atoms with van der Waals surface area (Å²) >= 11 is 8.31. The third kappa shape index (κ3) is 4.45. The molecule has 136 valence electrons. The van der Waals surface area contributed by atoms with Gasteiger partial charge in [-0.15, -0.1) is 0 Å². The van der Waals surface area contributed by atoms with Crippen LogP contribution >= 0.6 is 34.2 Å². The maximum atomic E-state index is 12.0. The molecule has 1 aliphatic rings. The maximum Gasteiger partial charge on any atom is 0.276 e. The average molecular weight is 486 g/mol. The minimum Gasteiger partial charge on any atom is -0.480 e. The van der Waals surface area contributed by atoms with Gasteiger partial charge in [0, 0.05) is 17.5 Å². The quantitative estimate of drug-likeness (QED) is 0.395. The Kier molecular flexibility index (Phi) is 6.31. The number of carbonyl (C=O) groups excluding carboxylic acids is 2. The first-order chi connectivity index (χ1) is 12.6. The molecule has 0 bridgehead atoms. The Morgan fingerprint density at radius 1 is 1.35 bits per heavy atom. The molecule has 0 radical (unpaired) electrons. The Labute approximate surface area is 169 Å². The Bertz CT molecular complexity index is 872. The van der Waals surface area contributed by atoms with Gasteiger partial charge in [0.2, 0.25) is 5.91 Å². The summed E-state index contributed by atoms with van der Waals surface area (Å²) < 4.78 is 6.40. The molecule has 0 saturated carbocycles. The van der Waals surface area contributed by atoms with Crippen molar-refractivity contribution in [3.05, 3.63) is 45.1 Å². The summed E-state index contributed by atoms with van der Waals surface area (Å²) in [5.41, 5.74) is 5.44. The molecule has 1 aromatic heterocycles.